The first-order valence-electron chi connectivity index (χ1n) is 7.27. The summed E-state index contributed by atoms with van der Waals surface area (Å²) in [6.45, 7) is 2.41. The van der Waals surface area contributed by atoms with Gasteiger partial charge in [-0.3, -0.25) is 4.79 Å². The summed E-state index contributed by atoms with van der Waals surface area (Å²) in [5.41, 5.74) is -3.38. The molecule has 1 unspecified atom stereocenters. The van der Waals surface area contributed by atoms with Gasteiger partial charge in [0.25, 0.3) is 0 Å². The molecule has 2 heterocycles. The van der Waals surface area contributed by atoms with Crippen LogP contribution in [0.4, 0.5) is 19.0 Å². The van der Waals surface area contributed by atoms with Crippen molar-refractivity contribution in [2.75, 3.05) is 5.32 Å². The Kier molecular flexibility index (Phi) is 4.97. The van der Waals surface area contributed by atoms with Gasteiger partial charge in [-0.15, -0.1) is 0 Å². The van der Waals surface area contributed by atoms with Crippen LogP contribution < -0.4 is 5.32 Å². The van der Waals surface area contributed by atoms with Crippen LogP contribution in [0.5, 0.6) is 0 Å². The minimum Gasteiger partial charge on any atom is -0.374 e. The van der Waals surface area contributed by atoms with Gasteiger partial charge >= 0.3 is 6.18 Å². The van der Waals surface area contributed by atoms with E-state index in [1.165, 1.54) is 30.2 Å². The van der Waals surface area contributed by atoms with Crippen LogP contribution in [0.3, 0.4) is 0 Å². The van der Waals surface area contributed by atoms with Crippen molar-refractivity contribution in [2.24, 2.45) is 7.05 Å². The maximum absolute atomic E-state index is 13.4. The van der Waals surface area contributed by atoms with Gasteiger partial charge in [0, 0.05) is 32.1 Å². The first-order valence-corrected chi connectivity index (χ1v) is 7.27. The summed E-state index contributed by atoms with van der Waals surface area (Å²) in [6, 6.07) is 1.47. The highest BCUT2D eigenvalue weighted by Crippen LogP contribution is 2.40. The molecule has 0 saturated heterocycles. The van der Waals surface area contributed by atoms with Crippen LogP contribution in [0.15, 0.2) is 24.7 Å². The Labute approximate surface area is 136 Å². The van der Waals surface area contributed by atoms with Crippen molar-refractivity contribution in [3.05, 3.63) is 30.5 Å². The van der Waals surface area contributed by atoms with Crippen LogP contribution in [0, 0.1) is 0 Å². The molecule has 0 aromatic carbocycles. The normalized spacial score (nSPS) is 14.4. The average molecular weight is 345 g/mol. The lowest BCUT2D eigenvalue weighted by molar-refractivity contribution is -0.270. The van der Waals surface area contributed by atoms with Crippen LogP contribution in [-0.2, 0) is 24.0 Å². The number of halogens is 3. The zero-order valence-corrected chi connectivity index (χ0v) is 13.2. The largest absolute Gasteiger partial charge is 0.425 e. The molecule has 24 heavy (non-hydrogen) atoms. The SMILES string of the molecule is CCCn1nccc1NC(=O)CC(O)(c1nccn1C)C(F)(F)F. The summed E-state index contributed by atoms with van der Waals surface area (Å²) in [5, 5.41) is 16.5. The molecule has 10 heteroatoms. The molecule has 0 radical (unpaired) electrons. The molecule has 0 aliphatic carbocycles. The fraction of sp³-hybridized carbons (Fsp3) is 0.500. The van der Waals surface area contributed by atoms with Gasteiger partial charge in [-0.05, 0) is 6.42 Å². The molecule has 0 fully saturated rings. The van der Waals surface area contributed by atoms with E-state index >= 15 is 0 Å². The second-order valence-corrected chi connectivity index (χ2v) is 5.38. The van der Waals surface area contributed by atoms with E-state index in [0.717, 1.165) is 17.2 Å². The fourth-order valence-electron chi connectivity index (χ4n) is 2.32. The molecule has 2 aromatic heterocycles. The molecule has 0 saturated carbocycles. The molecule has 1 amide bonds. The smallest absolute Gasteiger partial charge is 0.374 e. The molecule has 2 N–H and O–H groups in total. The van der Waals surface area contributed by atoms with Gasteiger partial charge in [0.15, 0.2) is 5.82 Å². The molecular weight excluding hydrogens is 327 g/mol. The Morgan fingerprint density at radius 2 is 2.08 bits per heavy atom. The summed E-state index contributed by atoms with van der Waals surface area (Å²) in [4.78, 5) is 15.6. The van der Waals surface area contributed by atoms with Crippen LogP contribution in [-0.4, -0.2) is 36.5 Å². The Morgan fingerprint density at radius 3 is 2.62 bits per heavy atom. The zero-order chi connectivity index (χ0) is 18.0. The number of carbonyl (C=O) groups excluding carboxylic acids is 1. The third kappa shape index (κ3) is 3.42. The van der Waals surface area contributed by atoms with Crippen molar-refractivity contribution in [3.8, 4) is 0 Å². The number of rotatable bonds is 6. The molecule has 2 rings (SSSR count). The standard InChI is InChI=1S/C14H18F3N5O2/c1-3-7-22-10(4-5-19-22)20-11(23)9-13(24,14(15,16)17)12-18-6-8-21(12)2/h4-6,8,24H,3,7,9H2,1-2H3,(H,20,23). The predicted octanol–water partition coefficient (Wildman–Crippen LogP) is 1.81. The van der Waals surface area contributed by atoms with Crippen molar-refractivity contribution in [3.63, 3.8) is 0 Å². The van der Waals surface area contributed by atoms with Gasteiger partial charge in [0.05, 0.1) is 12.6 Å². The van der Waals surface area contributed by atoms with Crippen LogP contribution in [0.1, 0.15) is 25.6 Å². The number of hydrogen-bond acceptors (Lipinski definition) is 4. The van der Waals surface area contributed by atoms with E-state index in [4.69, 9.17) is 0 Å². The first kappa shape index (κ1) is 18.0. The molecule has 132 valence electrons. The second kappa shape index (κ2) is 6.63. The number of amides is 1. The number of aromatic nitrogens is 4. The molecule has 2 aromatic rings. The van der Waals surface area contributed by atoms with E-state index in [1.807, 2.05) is 6.92 Å². The highest BCUT2D eigenvalue weighted by molar-refractivity contribution is 5.90. The highest BCUT2D eigenvalue weighted by Gasteiger charge is 2.58. The number of aliphatic hydroxyl groups is 1. The van der Waals surface area contributed by atoms with E-state index in [0.29, 0.717) is 6.54 Å². The van der Waals surface area contributed by atoms with E-state index < -0.39 is 29.9 Å². The predicted molar refractivity (Wildman–Crippen MR) is 78.9 cm³/mol. The Hall–Kier alpha value is -2.36. The van der Waals surface area contributed by atoms with E-state index in [-0.39, 0.29) is 5.82 Å². The third-order valence-corrected chi connectivity index (χ3v) is 3.50. The lowest BCUT2D eigenvalue weighted by atomic mass is 9.97. The molecule has 0 spiro atoms. The molecule has 0 aliphatic rings. The summed E-state index contributed by atoms with van der Waals surface area (Å²) >= 11 is 0. The topological polar surface area (TPSA) is 85.0 Å². The van der Waals surface area contributed by atoms with Crippen molar-refractivity contribution in [1.29, 1.82) is 0 Å². The summed E-state index contributed by atoms with van der Waals surface area (Å²) in [5.74, 6) is -1.37. The molecular formula is C14H18F3N5O2. The molecule has 1 atom stereocenters. The van der Waals surface area contributed by atoms with E-state index in [1.54, 1.807) is 0 Å². The van der Waals surface area contributed by atoms with E-state index in [9.17, 15) is 23.1 Å². The second-order valence-electron chi connectivity index (χ2n) is 5.38. The number of imidazole rings is 1. The fourth-order valence-corrected chi connectivity index (χ4v) is 2.32. The van der Waals surface area contributed by atoms with Crippen molar-refractivity contribution in [1.82, 2.24) is 19.3 Å². The minimum absolute atomic E-state index is 0.270. The monoisotopic (exact) mass is 345 g/mol. The number of hydrogen-bond donors (Lipinski definition) is 2. The lowest BCUT2D eigenvalue weighted by Gasteiger charge is -2.29. The summed E-state index contributed by atoms with van der Waals surface area (Å²) < 4.78 is 42.7. The number of nitrogens with zero attached hydrogens (tertiary/aromatic N) is 4. The van der Waals surface area contributed by atoms with Gasteiger partial charge in [-0.2, -0.15) is 18.3 Å². The van der Waals surface area contributed by atoms with Crippen LogP contribution >= 0.6 is 0 Å². The number of carbonyl (C=O) groups is 1. The summed E-state index contributed by atoms with van der Waals surface area (Å²) in [6.07, 6.45) is -1.71. The Balaban J connectivity index is 2.23. The first-order chi connectivity index (χ1) is 11.2. The van der Waals surface area contributed by atoms with Crippen molar-refractivity contribution >= 4 is 11.7 Å². The number of aryl methyl sites for hydroxylation is 2. The van der Waals surface area contributed by atoms with Gasteiger partial charge < -0.3 is 15.0 Å². The number of anilines is 1. The van der Waals surface area contributed by atoms with Gasteiger partial charge in [0.2, 0.25) is 11.5 Å². The van der Waals surface area contributed by atoms with Gasteiger partial charge in [-0.25, -0.2) is 9.67 Å². The quantitative estimate of drug-likeness (QED) is 0.836. The molecule has 0 aliphatic heterocycles. The average Bonchev–Trinajstić information content (AvgIpc) is 3.07. The lowest BCUT2D eigenvalue weighted by Crippen LogP contribution is -2.47. The van der Waals surface area contributed by atoms with Gasteiger partial charge in [0.1, 0.15) is 5.82 Å². The highest BCUT2D eigenvalue weighted by atomic mass is 19.4. The van der Waals surface area contributed by atoms with E-state index in [2.05, 4.69) is 15.4 Å². The molecule has 7 nitrogen and oxygen atoms in total. The van der Waals surface area contributed by atoms with Crippen molar-refractivity contribution in [2.45, 2.75) is 38.1 Å². The maximum Gasteiger partial charge on any atom is 0.425 e. The molecule has 0 bridgehead atoms. The van der Waals surface area contributed by atoms with Crippen molar-refractivity contribution < 1.29 is 23.1 Å². The number of alkyl halides is 3. The minimum atomic E-state index is -5.06. The van der Waals surface area contributed by atoms with Crippen LogP contribution in [0.25, 0.3) is 0 Å². The maximum atomic E-state index is 13.4. The number of nitrogens with one attached hydrogen (secondary N) is 1. The Morgan fingerprint density at radius 1 is 1.38 bits per heavy atom. The Bertz CT molecular complexity index is 709. The third-order valence-electron chi connectivity index (χ3n) is 3.50. The van der Waals surface area contributed by atoms with Crippen LogP contribution in [0.2, 0.25) is 0 Å². The zero-order valence-electron chi connectivity index (χ0n) is 13.2. The summed E-state index contributed by atoms with van der Waals surface area (Å²) in [7, 11) is 1.31. The van der Waals surface area contributed by atoms with Gasteiger partial charge in [-0.1, -0.05) is 6.92 Å².